The van der Waals surface area contributed by atoms with Crippen molar-refractivity contribution in [2.75, 3.05) is 18.0 Å². The molecule has 88 valence electrons. The number of carbonyl (C=O) groups is 1. The average molecular weight is 223 g/mol. The first kappa shape index (κ1) is 12.4. The highest BCUT2D eigenvalue weighted by Crippen LogP contribution is 2.11. The predicted molar refractivity (Wildman–Crippen MR) is 61.5 cm³/mol. The molecule has 0 unspecified atom stereocenters. The lowest BCUT2D eigenvalue weighted by Crippen LogP contribution is -2.30. The summed E-state index contributed by atoms with van der Waals surface area (Å²) in [6, 6.07) is 1.86. The number of anilines is 1. The van der Waals surface area contributed by atoms with Gasteiger partial charge in [-0.15, -0.1) is 0 Å². The summed E-state index contributed by atoms with van der Waals surface area (Å²) >= 11 is 0. The Morgan fingerprint density at radius 1 is 1.44 bits per heavy atom. The third kappa shape index (κ3) is 3.49. The third-order valence-corrected chi connectivity index (χ3v) is 2.25. The van der Waals surface area contributed by atoms with Gasteiger partial charge in [0.05, 0.1) is 0 Å². The minimum absolute atomic E-state index is 0.0287. The number of nitrogens with zero attached hydrogens (tertiary/aromatic N) is 3. The van der Waals surface area contributed by atoms with Crippen LogP contribution in [0.15, 0.2) is 12.4 Å². The van der Waals surface area contributed by atoms with E-state index in [1.807, 2.05) is 13.0 Å². The van der Waals surface area contributed by atoms with Crippen LogP contribution in [0, 0.1) is 0 Å². The van der Waals surface area contributed by atoms with Gasteiger partial charge in [-0.05, 0) is 13.3 Å². The Bertz CT molecular complexity index is 355. The molecule has 0 amide bonds. The zero-order valence-corrected chi connectivity index (χ0v) is 9.68. The van der Waals surface area contributed by atoms with Crippen molar-refractivity contribution in [1.29, 1.82) is 0 Å². The van der Waals surface area contributed by atoms with Crippen molar-refractivity contribution >= 4 is 11.8 Å². The van der Waals surface area contributed by atoms with E-state index in [0.717, 1.165) is 18.5 Å². The molecule has 1 N–H and O–H groups in total. The van der Waals surface area contributed by atoms with Crippen molar-refractivity contribution < 1.29 is 9.90 Å². The maximum Gasteiger partial charge on any atom is 0.323 e. The minimum Gasteiger partial charge on any atom is -0.480 e. The van der Waals surface area contributed by atoms with E-state index in [1.54, 1.807) is 4.90 Å². The Balaban J connectivity index is 2.83. The Morgan fingerprint density at radius 3 is 2.75 bits per heavy atom. The van der Waals surface area contributed by atoms with Crippen LogP contribution in [0.5, 0.6) is 0 Å². The molecule has 0 aliphatic carbocycles. The van der Waals surface area contributed by atoms with Crippen LogP contribution >= 0.6 is 0 Å². The van der Waals surface area contributed by atoms with Crippen LogP contribution in [0.3, 0.4) is 0 Å². The summed E-state index contributed by atoms with van der Waals surface area (Å²) in [5.41, 5.74) is 0.955. The average Bonchev–Trinajstić information content (AvgIpc) is 2.26. The van der Waals surface area contributed by atoms with E-state index < -0.39 is 5.97 Å². The van der Waals surface area contributed by atoms with E-state index in [0.29, 0.717) is 12.4 Å². The molecule has 0 fully saturated rings. The molecule has 1 heterocycles. The molecule has 5 nitrogen and oxygen atoms in total. The van der Waals surface area contributed by atoms with E-state index in [-0.39, 0.29) is 6.54 Å². The number of aromatic nitrogens is 2. The van der Waals surface area contributed by atoms with Crippen molar-refractivity contribution in [1.82, 2.24) is 9.97 Å². The lowest BCUT2D eigenvalue weighted by atomic mass is 10.2. The SMILES string of the molecule is CCCc1cc(N(CC)CC(=O)O)ncn1. The molecule has 0 aliphatic rings. The van der Waals surface area contributed by atoms with Crippen molar-refractivity contribution in [2.24, 2.45) is 0 Å². The Hall–Kier alpha value is -1.65. The zero-order chi connectivity index (χ0) is 12.0. The van der Waals surface area contributed by atoms with Crippen molar-refractivity contribution in [3.8, 4) is 0 Å². The van der Waals surface area contributed by atoms with Crippen LogP contribution in [0.1, 0.15) is 26.0 Å². The predicted octanol–water partition coefficient (Wildman–Crippen LogP) is 1.34. The van der Waals surface area contributed by atoms with Gasteiger partial charge in [-0.3, -0.25) is 4.79 Å². The number of rotatable bonds is 6. The number of hydrogen-bond donors (Lipinski definition) is 1. The first-order valence-corrected chi connectivity index (χ1v) is 5.45. The molecule has 0 aliphatic heterocycles. The monoisotopic (exact) mass is 223 g/mol. The molecule has 0 aromatic carbocycles. The molecule has 1 aromatic heterocycles. The normalized spacial score (nSPS) is 10.1. The lowest BCUT2D eigenvalue weighted by Gasteiger charge is -2.19. The topological polar surface area (TPSA) is 66.3 Å². The number of carboxylic acid groups (broad SMARTS) is 1. The third-order valence-electron chi connectivity index (χ3n) is 2.25. The van der Waals surface area contributed by atoms with Gasteiger partial charge in [0.1, 0.15) is 18.7 Å². The second-order valence-electron chi connectivity index (χ2n) is 3.53. The summed E-state index contributed by atoms with van der Waals surface area (Å²) in [4.78, 5) is 20.6. The summed E-state index contributed by atoms with van der Waals surface area (Å²) in [6.07, 6.45) is 3.40. The Labute approximate surface area is 95.1 Å². The van der Waals surface area contributed by atoms with Crippen LogP contribution in [0.2, 0.25) is 0 Å². The first-order valence-electron chi connectivity index (χ1n) is 5.45. The summed E-state index contributed by atoms with van der Waals surface area (Å²) in [7, 11) is 0. The van der Waals surface area contributed by atoms with Crippen molar-refractivity contribution in [2.45, 2.75) is 26.7 Å². The largest absolute Gasteiger partial charge is 0.480 e. The zero-order valence-electron chi connectivity index (χ0n) is 9.68. The van der Waals surface area contributed by atoms with Crippen molar-refractivity contribution in [3.63, 3.8) is 0 Å². The molecule has 0 atom stereocenters. The molecular formula is C11H17N3O2. The van der Waals surface area contributed by atoms with E-state index in [2.05, 4.69) is 16.9 Å². The van der Waals surface area contributed by atoms with Gasteiger partial charge >= 0.3 is 5.97 Å². The lowest BCUT2D eigenvalue weighted by molar-refractivity contribution is -0.135. The smallest absolute Gasteiger partial charge is 0.323 e. The van der Waals surface area contributed by atoms with E-state index in [4.69, 9.17) is 5.11 Å². The second kappa shape index (κ2) is 6.05. The summed E-state index contributed by atoms with van der Waals surface area (Å²) < 4.78 is 0. The molecule has 16 heavy (non-hydrogen) atoms. The van der Waals surface area contributed by atoms with Gasteiger partial charge in [-0.2, -0.15) is 0 Å². The Morgan fingerprint density at radius 2 is 2.19 bits per heavy atom. The summed E-state index contributed by atoms with van der Waals surface area (Å²) in [6.45, 7) is 4.58. The van der Waals surface area contributed by atoms with E-state index in [9.17, 15) is 4.79 Å². The fourth-order valence-corrected chi connectivity index (χ4v) is 1.47. The second-order valence-corrected chi connectivity index (χ2v) is 3.53. The van der Waals surface area contributed by atoms with Gasteiger partial charge in [0.2, 0.25) is 0 Å². The highest BCUT2D eigenvalue weighted by atomic mass is 16.4. The summed E-state index contributed by atoms with van der Waals surface area (Å²) in [5.74, 6) is -0.166. The number of hydrogen-bond acceptors (Lipinski definition) is 4. The van der Waals surface area contributed by atoms with Gasteiger partial charge in [0.15, 0.2) is 0 Å². The number of carboxylic acids is 1. The Kier molecular flexibility index (Phi) is 4.69. The minimum atomic E-state index is -0.850. The molecule has 5 heteroatoms. The molecular weight excluding hydrogens is 206 g/mol. The highest BCUT2D eigenvalue weighted by molar-refractivity contribution is 5.73. The van der Waals surface area contributed by atoms with Crippen LogP contribution < -0.4 is 4.90 Å². The van der Waals surface area contributed by atoms with Crippen LogP contribution in [0.4, 0.5) is 5.82 Å². The van der Waals surface area contributed by atoms with Gasteiger partial charge in [-0.1, -0.05) is 13.3 Å². The first-order chi connectivity index (χ1) is 7.67. The number of aryl methyl sites for hydroxylation is 1. The van der Waals surface area contributed by atoms with Gasteiger partial charge in [-0.25, -0.2) is 9.97 Å². The van der Waals surface area contributed by atoms with Crippen LogP contribution in [0.25, 0.3) is 0 Å². The molecule has 0 saturated heterocycles. The highest BCUT2D eigenvalue weighted by Gasteiger charge is 2.10. The maximum absolute atomic E-state index is 10.7. The fraction of sp³-hybridized carbons (Fsp3) is 0.545. The maximum atomic E-state index is 10.7. The van der Waals surface area contributed by atoms with Gasteiger partial charge in [0, 0.05) is 18.3 Å². The molecule has 0 radical (unpaired) electrons. The van der Waals surface area contributed by atoms with Gasteiger partial charge in [0.25, 0.3) is 0 Å². The van der Waals surface area contributed by atoms with E-state index >= 15 is 0 Å². The van der Waals surface area contributed by atoms with Crippen molar-refractivity contribution in [3.05, 3.63) is 18.1 Å². The molecule has 1 rings (SSSR count). The number of aliphatic carboxylic acids is 1. The summed E-state index contributed by atoms with van der Waals surface area (Å²) in [5, 5.41) is 8.76. The van der Waals surface area contributed by atoms with Gasteiger partial charge < -0.3 is 10.0 Å². The fourth-order valence-electron chi connectivity index (χ4n) is 1.47. The van der Waals surface area contributed by atoms with Crippen LogP contribution in [-0.4, -0.2) is 34.1 Å². The molecule has 1 aromatic rings. The van der Waals surface area contributed by atoms with Crippen LogP contribution in [-0.2, 0) is 11.2 Å². The standard InChI is InChI=1S/C11H17N3O2/c1-3-5-9-6-10(13-8-12-9)14(4-2)7-11(15)16/h6,8H,3-5,7H2,1-2H3,(H,15,16). The number of likely N-dealkylation sites (N-methyl/N-ethyl adjacent to an activating group) is 1. The van der Waals surface area contributed by atoms with E-state index in [1.165, 1.54) is 6.33 Å². The molecule has 0 bridgehead atoms. The quantitative estimate of drug-likeness (QED) is 0.788. The molecule has 0 spiro atoms. The molecule has 0 saturated carbocycles.